The Labute approximate surface area is 136 Å². The Kier molecular flexibility index (Phi) is 5.17. The lowest BCUT2D eigenvalue weighted by atomic mass is 10.1. The quantitative estimate of drug-likeness (QED) is 0.497. The molecule has 1 aromatic carbocycles. The molecule has 104 valence electrons. The van der Waals surface area contributed by atoms with Gasteiger partial charge in [-0.25, -0.2) is 4.57 Å². The van der Waals surface area contributed by atoms with E-state index in [1.807, 2.05) is 0 Å². The molecule has 0 saturated heterocycles. The third-order valence-corrected chi connectivity index (χ3v) is 3.64. The molecule has 2 heterocycles. The number of hydrogen-bond acceptors (Lipinski definition) is 0. The van der Waals surface area contributed by atoms with Crippen LogP contribution in [0.2, 0.25) is 0 Å². The van der Waals surface area contributed by atoms with Gasteiger partial charge in [-0.3, -0.25) is 0 Å². The second kappa shape index (κ2) is 6.88. The maximum atomic E-state index is 3.34. The summed E-state index contributed by atoms with van der Waals surface area (Å²) in [7, 11) is 0. The predicted octanol–water partition coefficient (Wildman–Crippen LogP) is 0.264. The first-order valence-corrected chi connectivity index (χ1v) is 6.90. The standard InChI is InChI=1S/C17H19N2.HI/c1-2-14-6-5-10-19(13-14)11-9-15-12-18-17-8-4-3-7-16(15)17;/h3-8,10,12-13,18H,2,9,11H2,1H3;1H/q+1;/p-1. The summed E-state index contributed by atoms with van der Waals surface area (Å²) in [5.74, 6) is 0. The van der Waals surface area contributed by atoms with E-state index in [4.69, 9.17) is 0 Å². The molecule has 20 heavy (non-hydrogen) atoms. The highest BCUT2D eigenvalue weighted by atomic mass is 127. The molecule has 0 bridgehead atoms. The van der Waals surface area contributed by atoms with E-state index in [9.17, 15) is 0 Å². The van der Waals surface area contributed by atoms with Gasteiger partial charge < -0.3 is 29.0 Å². The summed E-state index contributed by atoms with van der Waals surface area (Å²) in [5, 5.41) is 1.34. The minimum absolute atomic E-state index is 0. The number of aromatic amines is 1. The molecule has 0 unspecified atom stereocenters. The van der Waals surface area contributed by atoms with Gasteiger partial charge in [0.1, 0.15) is 0 Å². The van der Waals surface area contributed by atoms with Gasteiger partial charge in [-0.05, 0) is 24.1 Å². The fourth-order valence-corrected chi connectivity index (χ4v) is 2.51. The molecule has 0 fully saturated rings. The van der Waals surface area contributed by atoms with Gasteiger partial charge in [0.05, 0.1) is 0 Å². The third-order valence-electron chi connectivity index (χ3n) is 3.64. The SMILES string of the molecule is CCc1ccc[n+](CCc2c[nH]c3ccccc23)c1.[I-]. The minimum atomic E-state index is 0. The number of hydrogen-bond donors (Lipinski definition) is 1. The highest BCUT2D eigenvalue weighted by Gasteiger charge is 2.06. The van der Waals surface area contributed by atoms with Crippen LogP contribution in [-0.2, 0) is 19.4 Å². The van der Waals surface area contributed by atoms with Crippen LogP contribution < -0.4 is 28.5 Å². The topological polar surface area (TPSA) is 19.7 Å². The highest BCUT2D eigenvalue weighted by Crippen LogP contribution is 2.17. The number of fused-ring (bicyclic) bond motifs is 1. The summed E-state index contributed by atoms with van der Waals surface area (Å²) >= 11 is 0. The Morgan fingerprint density at radius 1 is 1.10 bits per heavy atom. The Balaban J connectivity index is 0.00000147. The summed E-state index contributed by atoms with van der Waals surface area (Å²) in [6, 6.07) is 12.8. The van der Waals surface area contributed by atoms with Gasteiger partial charge in [-0.15, -0.1) is 0 Å². The molecule has 0 saturated carbocycles. The smallest absolute Gasteiger partial charge is 0.171 e. The number of nitrogens with one attached hydrogen (secondary N) is 1. The molecule has 0 spiro atoms. The van der Waals surface area contributed by atoms with Crippen LogP contribution >= 0.6 is 0 Å². The van der Waals surface area contributed by atoms with Crippen LogP contribution in [0.5, 0.6) is 0 Å². The van der Waals surface area contributed by atoms with Crippen LogP contribution in [0.25, 0.3) is 10.9 Å². The van der Waals surface area contributed by atoms with Gasteiger partial charge in [0.25, 0.3) is 0 Å². The third kappa shape index (κ3) is 3.20. The van der Waals surface area contributed by atoms with Crippen molar-refractivity contribution in [1.29, 1.82) is 0 Å². The van der Waals surface area contributed by atoms with Crippen molar-refractivity contribution in [2.24, 2.45) is 0 Å². The first kappa shape index (κ1) is 15.0. The Hall–Kier alpha value is -1.36. The largest absolute Gasteiger partial charge is 1.00 e. The number of nitrogens with zero attached hydrogens (tertiary/aromatic N) is 1. The van der Waals surface area contributed by atoms with Crippen molar-refractivity contribution in [1.82, 2.24) is 4.98 Å². The van der Waals surface area contributed by atoms with Crippen LogP contribution in [0.3, 0.4) is 0 Å². The maximum absolute atomic E-state index is 3.34. The second-order valence-electron chi connectivity index (χ2n) is 4.91. The fraction of sp³-hybridized carbons (Fsp3) is 0.235. The molecule has 2 nitrogen and oxygen atoms in total. The molecule has 1 N–H and O–H groups in total. The van der Waals surface area contributed by atoms with E-state index < -0.39 is 0 Å². The molecule has 3 heteroatoms. The van der Waals surface area contributed by atoms with Crippen molar-refractivity contribution in [3.63, 3.8) is 0 Å². The predicted molar refractivity (Wildman–Crippen MR) is 78.0 cm³/mol. The molecular weight excluding hydrogens is 359 g/mol. The van der Waals surface area contributed by atoms with Gasteiger partial charge in [-0.1, -0.05) is 25.1 Å². The molecule has 0 radical (unpaired) electrons. The van der Waals surface area contributed by atoms with E-state index in [1.54, 1.807) is 0 Å². The van der Waals surface area contributed by atoms with Crippen LogP contribution in [0.15, 0.2) is 55.0 Å². The monoisotopic (exact) mass is 378 g/mol. The van der Waals surface area contributed by atoms with Gasteiger partial charge >= 0.3 is 0 Å². The molecular formula is C17H19IN2. The van der Waals surface area contributed by atoms with Gasteiger partial charge in [0, 0.05) is 35.2 Å². The van der Waals surface area contributed by atoms with Crippen molar-refractivity contribution in [2.45, 2.75) is 26.3 Å². The number of rotatable bonds is 4. The van der Waals surface area contributed by atoms with E-state index in [0.717, 1.165) is 19.4 Å². The molecule has 0 aliphatic rings. The van der Waals surface area contributed by atoms with E-state index in [-0.39, 0.29) is 24.0 Å². The van der Waals surface area contributed by atoms with Crippen LogP contribution in [-0.4, -0.2) is 4.98 Å². The van der Waals surface area contributed by atoms with Crippen LogP contribution in [0.1, 0.15) is 18.1 Å². The number of aryl methyl sites for hydroxylation is 3. The number of halogens is 1. The van der Waals surface area contributed by atoms with E-state index in [0.29, 0.717) is 0 Å². The highest BCUT2D eigenvalue weighted by molar-refractivity contribution is 5.82. The van der Waals surface area contributed by atoms with Crippen LogP contribution in [0, 0.1) is 0 Å². The average Bonchev–Trinajstić information content (AvgIpc) is 2.89. The summed E-state index contributed by atoms with van der Waals surface area (Å²) in [5.41, 5.74) is 4.01. The van der Waals surface area contributed by atoms with Crippen molar-refractivity contribution in [2.75, 3.05) is 0 Å². The zero-order valence-corrected chi connectivity index (χ0v) is 13.8. The lowest BCUT2D eigenvalue weighted by molar-refractivity contribution is -0.696. The molecule has 3 rings (SSSR count). The number of H-pyrrole nitrogens is 1. The Morgan fingerprint density at radius 3 is 2.80 bits per heavy atom. The number of para-hydroxylation sites is 1. The van der Waals surface area contributed by atoms with Gasteiger partial charge in [-0.2, -0.15) is 0 Å². The first-order chi connectivity index (χ1) is 9.36. The second-order valence-corrected chi connectivity index (χ2v) is 4.91. The zero-order valence-electron chi connectivity index (χ0n) is 11.6. The van der Waals surface area contributed by atoms with Gasteiger partial charge in [0.2, 0.25) is 0 Å². The van der Waals surface area contributed by atoms with E-state index in [1.165, 1.54) is 22.0 Å². The van der Waals surface area contributed by atoms with E-state index >= 15 is 0 Å². The minimum Gasteiger partial charge on any atom is -1.00 e. The molecule has 0 aliphatic carbocycles. The fourth-order valence-electron chi connectivity index (χ4n) is 2.51. The van der Waals surface area contributed by atoms with Crippen molar-refractivity contribution >= 4 is 10.9 Å². The number of pyridine rings is 1. The lowest BCUT2D eigenvalue weighted by Gasteiger charge is -1.99. The summed E-state index contributed by atoms with van der Waals surface area (Å²) in [4.78, 5) is 3.34. The number of benzene rings is 1. The molecule has 3 aromatic rings. The first-order valence-electron chi connectivity index (χ1n) is 6.90. The van der Waals surface area contributed by atoms with E-state index in [2.05, 4.69) is 71.5 Å². The summed E-state index contributed by atoms with van der Waals surface area (Å²) < 4.78 is 2.28. The number of aromatic nitrogens is 2. The van der Waals surface area contributed by atoms with Gasteiger partial charge in [0.15, 0.2) is 18.9 Å². The van der Waals surface area contributed by atoms with Crippen LogP contribution in [0.4, 0.5) is 0 Å². The summed E-state index contributed by atoms with van der Waals surface area (Å²) in [6.07, 6.45) is 8.67. The lowest BCUT2D eigenvalue weighted by Crippen LogP contribution is -3.00. The molecule has 0 aliphatic heterocycles. The average molecular weight is 378 g/mol. The molecule has 0 atom stereocenters. The normalized spacial score (nSPS) is 10.4. The summed E-state index contributed by atoms with van der Waals surface area (Å²) in [6.45, 7) is 3.22. The molecule has 2 aromatic heterocycles. The maximum Gasteiger partial charge on any atom is 0.171 e. The zero-order chi connectivity index (χ0) is 13.1. The van der Waals surface area contributed by atoms with Crippen molar-refractivity contribution in [3.8, 4) is 0 Å². The Morgan fingerprint density at radius 2 is 1.95 bits per heavy atom. The van der Waals surface area contributed by atoms with Crippen molar-refractivity contribution in [3.05, 3.63) is 66.1 Å². The Bertz CT molecular complexity index is 688. The molecule has 0 amide bonds. The van der Waals surface area contributed by atoms with Crippen molar-refractivity contribution < 1.29 is 28.5 Å².